The molecule has 1 spiro atoms. The van der Waals surface area contributed by atoms with E-state index in [1.165, 1.54) is 64.2 Å². The van der Waals surface area contributed by atoms with Crippen LogP contribution in [-0.4, -0.2) is 30.6 Å². The molecule has 4 aliphatic carbocycles. The number of rotatable bonds is 2. The molecule has 37 heavy (non-hydrogen) atoms. The minimum atomic E-state index is -0.129. The van der Waals surface area contributed by atoms with E-state index in [2.05, 4.69) is 74.6 Å². The monoisotopic (exact) mass is 513 g/mol. The smallest absolute Gasteiger partial charge is 0.123 e. The van der Waals surface area contributed by atoms with Crippen LogP contribution in [0.15, 0.2) is 0 Å². The first-order valence-electron chi connectivity index (χ1n) is 16.2. The van der Waals surface area contributed by atoms with E-state index in [-0.39, 0.29) is 16.7 Å². The van der Waals surface area contributed by atoms with Crippen LogP contribution >= 0.6 is 0 Å². The Balaban J connectivity index is 1.38. The van der Waals surface area contributed by atoms with Crippen LogP contribution in [0.5, 0.6) is 0 Å². The van der Waals surface area contributed by atoms with Gasteiger partial charge in [-0.05, 0) is 117 Å². The maximum atomic E-state index is 7.46. The zero-order valence-corrected chi connectivity index (χ0v) is 26.1. The lowest BCUT2D eigenvalue weighted by Crippen LogP contribution is -2.67. The van der Waals surface area contributed by atoms with Crippen LogP contribution in [0.4, 0.5) is 0 Å². The third-order valence-electron chi connectivity index (χ3n) is 16.2. The zero-order valence-electron chi connectivity index (χ0n) is 26.1. The van der Waals surface area contributed by atoms with Crippen molar-refractivity contribution in [2.75, 3.05) is 13.2 Å². The number of nitrogens with one attached hydrogen (secondary N) is 1. The van der Waals surface area contributed by atoms with Crippen LogP contribution in [0.1, 0.15) is 133 Å². The van der Waals surface area contributed by atoms with E-state index in [9.17, 15) is 0 Å². The van der Waals surface area contributed by atoms with Gasteiger partial charge in [0.05, 0.1) is 11.7 Å². The van der Waals surface area contributed by atoms with Crippen LogP contribution < -0.4 is 5.32 Å². The fourth-order valence-corrected chi connectivity index (χ4v) is 13.3. The van der Waals surface area contributed by atoms with Gasteiger partial charge in [0.15, 0.2) is 0 Å². The molecule has 0 unspecified atom stereocenters. The molecule has 0 amide bonds. The second-order valence-corrected chi connectivity index (χ2v) is 16.8. The van der Waals surface area contributed by atoms with Crippen molar-refractivity contribution in [2.45, 2.75) is 151 Å². The van der Waals surface area contributed by atoms with Crippen molar-refractivity contribution in [3.8, 4) is 0 Å². The Morgan fingerprint density at radius 2 is 1.54 bits per heavy atom. The normalized spacial score (nSPS) is 63.1. The average molecular weight is 514 g/mol. The molecular weight excluding hydrogens is 454 g/mol. The van der Waals surface area contributed by atoms with E-state index in [0.717, 1.165) is 25.0 Å². The molecule has 3 heteroatoms. The lowest BCUT2D eigenvalue weighted by atomic mass is 9.31. The van der Waals surface area contributed by atoms with Crippen LogP contribution in [-0.2, 0) is 9.47 Å². The van der Waals surface area contributed by atoms with E-state index < -0.39 is 0 Å². The fourth-order valence-electron chi connectivity index (χ4n) is 13.3. The molecule has 6 fully saturated rings. The number of hydrogen-bond acceptors (Lipinski definition) is 3. The first kappa shape index (κ1) is 27.1. The molecule has 2 aliphatic heterocycles. The predicted molar refractivity (Wildman–Crippen MR) is 152 cm³/mol. The first-order chi connectivity index (χ1) is 17.1. The summed E-state index contributed by atoms with van der Waals surface area (Å²) in [5.74, 6) is 2.05. The van der Waals surface area contributed by atoms with Crippen molar-refractivity contribution in [3.63, 3.8) is 0 Å². The molecule has 0 aromatic heterocycles. The van der Waals surface area contributed by atoms with Crippen molar-refractivity contribution in [1.29, 1.82) is 0 Å². The molecule has 1 N–H and O–H groups in total. The summed E-state index contributed by atoms with van der Waals surface area (Å²) in [4.78, 5) is 0. The molecule has 0 bridgehead atoms. The van der Waals surface area contributed by atoms with Gasteiger partial charge in [0.2, 0.25) is 0 Å². The van der Waals surface area contributed by atoms with Crippen molar-refractivity contribution in [3.05, 3.63) is 0 Å². The summed E-state index contributed by atoms with van der Waals surface area (Å²) in [5.41, 5.74) is 1.74. The van der Waals surface area contributed by atoms with Gasteiger partial charge in [-0.15, -0.1) is 0 Å². The standard InChI is InChI=1S/C34H59NO2/c1-11-36-25-13-16-30(7)27(4,20-25)15-14-26-28(30,5)18-19-31(8)29(26,6)22-32(9)33(31,10)24(3)34(37-32)17-12-23(2)21-35-34/h23-26,35H,11-22H2,1-10H3/t23-,24-,25-,26+,27-,28-,29-,30-,31-,32-,33+,34-/m0/s1. The van der Waals surface area contributed by atoms with E-state index in [0.29, 0.717) is 39.1 Å². The number of piperidine rings is 1. The fraction of sp³-hybridized carbons (Fsp3) is 1.00. The highest BCUT2D eigenvalue weighted by Crippen LogP contribution is 2.85. The maximum Gasteiger partial charge on any atom is 0.123 e. The van der Waals surface area contributed by atoms with Crippen molar-refractivity contribution < 1.29 is 9.47 Å². The van der Waals surface area contributed by atoms with Gasteiger partial charge >= 0.3 is 0 Å². The Morgan fingerprint density at radius 3 is 2.19 bits per heavy atom. The average Bonchev–Trinajstić information content (AvgIpc) is 3.08. The van der Waals surface area contributed by atoms with Crippen LogP contribution in [0.25, 0.3) is 0 Å². The van der Waals surface area contributed by atoms with Crippen molar-refractivity contribution in [1.82, 2.24) is 5.32 Å². The quantitative estimate of drug-likeness (QED) is 0.402. The third-order valence-corrected chi connectivity index (χ3v) is 16.2. The lowest BCUT2D eigenvalue weighted by Gasteiger charge is -2.73. The van der Waals surface area contributed by atoms with E-state index >= 15 is 0 Å². The predicted octanol–water partition coefficient (Wildman–Crippen LogP) is 8.36. The van der Waals surface area contributed by atoms with E-state index in [1.807, 2.05) is 0 Å². The minimum absolute atomic E-state index is 0.0664. The van der Waals surface area contributed by atoms with Crippen molar-refractivity contribution in [2.24, 2.45) is 50.2 Å². The second-order valence-electron chi connectivity index (χ2n) is 16.8. The molecular formula is C34H59NO2. The summed E-state index contributed by atoms with van der Waals surface area (Å²) < 4.78 is 13.7. The van der Waals surface area contributed by atoms with Gasteiger partial charge in [-0.1, -0.05) is 55.4 Å². The summed E-state index contributed by atoms with van der Waals surface area (Å²) >= 11 is 0. The molecule has 2 saturated heterocycles. The van der Waals surface area contributed by atoms with Gasteiger partial charge < -0.3 is 9.47 Å². The van der Waals surface area contributed by atoms with Gasteiger partial charge in [-0.2, -0.15) is 0 Å². The van der Waals surface area contributed by atoms with Crippen LogP contribution in [0.3, 0.4) is 0 Å². The van der Waals surface area contributed by atoms with Gasteiger partial charge in [0.1, 0.15) is 5.72 Å². The largest absolute Gasteiger partial charge is 0.378 e. The highest BCUT2D eigenvalue weighted by molar-refractivity contribution is 5.31. The highest BCUT2D eigenvalue weighted by Gasteiger charge is 2.83. The molecule has 12 atom stereocenters. The molecule has 6 aliphatic rings. The molecule has 2 heterocycles. The van der Waals surface area contributed by atoms with Gasteiger partial charge in [0, 0.05) is 24.5 Å². The summed E-state index contributed by atoms with van der Waals surface area (Å²) in [5, 5.41) is 3.99. The number of fused-ring (bicyclic) bond motifs is 7. The van der Waals surface area contributed by atoms with Gasteiger partial charge in [0.25, 0.3) is 0 Å². The molecule has 6 rings (SSSR count). The molecule has 212 valence electrons. The summed E-state index contributed by atoms with van der Waals surface area (Å²) in [6.45, 7) is 27.9. The summed E-state index contributed by atoms with van der Waals surface area (Å²) in [6, 6.07) is 0. The Kier molecular flexibility index (Phi) is 5.70. The highest BCUT2D eigenvalue weighted by atomic mass is 16.5. The first-order valence-corrected chi connectivity index (χ1v) is 16.2. The summed E-state index contributed by atoms with van der Waals surface area (Å²) in [6.07, 6.45) is 13.5. The summed E-state index contributed by atoms with van der Waals surface area (Å²) in [7, 11) is 0. The third kappa shape index (κ3) is 2.87. The Bertz CT molecular complexity index is 942. The molecule has 0 radical (unpaired) electrons. The lowest BCUT2D eigenvalue weighted by molar-refractivity contribution is -0.256. The Morgan fingerprint density at radius 1 is 0.811 bits per heavy atom. The Hall–Kier alpha value is -0.120. The molecule has 0 aromatic rings. The van der Waals surface area contributed by atoms with Gasteiger partial charge in [-0.25, -0.2) is 0 Å². The molecule has 0 aromatic carbocycles. The zero-order chi connectivity index (χ0) is 26.9. The van der Waals surface area contributed by atoms with Crippen molar-refractivity contribution >= 4 is 0 Å². The van der Waals surface area contributed by atoms with Crippen LogP contribution in [0, 0.1) is 50.2 Å². The molecule has 3 nitrogen and oxygen atoms in total. The maximum absolute atomic E-state index is 7.46. The molecule has 4 saturated carbocycles. The number of hydrogen-bond donors (Lipinski definition) is 1. The van der Waals surface area contributed by atoms with E-state index in [1.54, 1.807) is 0 Å². The van der Waals surface area contributed by atoms with Crippen LogP contribution in [0.2, 0.25) is 0 Å². The SMILES string of the molecule is CCO[C@H]1CC[C@@]2(C)[C@@](C)(CC[C@@H]3[C@]2(C)CC[C@]2(C)[C@@]4(C)[C@H](C)[C@]5(CC[C@H](C)CN5)O[C@@]4(C)C[C@@]32C)C1. The second kappa shape index (κ2) is 7.79. The minimum Gasteiger partial charge on any atom is -0.378 e. The van der Waals surface area contributed by atoms with Gasteiger partial charge in [-0.3, -0.25) is 5.32 Å². The number of ether oxygens (including phenoxy) is 2. The topological polar surface area (TPSA) is 30.5 Å². The Labute approximate surface area is 229 Å². The van der Waals surface area contributed by atoms with E-state index in [4.69, 9.17) is 9.47 Å².